The lowest BCUT2D eigenvalue weighted by Crippen LogP contribution is -2.24. The zero-order valence-electron chi connectivity index (χ0n) is 11.0. The Labute approximate surface area is 111 Å². The molecule has 104 valence electrons. The quantitative estimate of drug-likeness (QED) is 0.760. The van der Waals surface area contributed by atoms with E-state index in [1.807, 2.05) is 0 Å². The Kier molecular flexibility index (Phi) is 4.64. The van der Waals surface area contributed by atoms with Crippen molar-refractivity contribution >= 4 is 5.78 Å². The van der Waals surface area contributed by atoms with Gasteiger partial charge < -0.3 is 4.74 Å². The third kappa shape index (κ3) is 3.60. The number of halogens is 2. The summed E-state index contributed by atoms with van der Waals surface area (Å²) in [4.78, 5) is 12.0. The van der Waals surface area contributed by atoms with Crippen LogP contribution in [0.2, 0.25) is 0 Å². The summed E-state index contributed by atoms with van der Waals surface area (Å²) in [6, 6.07) is 2.97. The fraction of sp³-hybridized carbons (Fsp3) is 0.533. The molecule has 1 aromatic rings. The molecule has 0 aliphatic heterocycles. The molecule has 1 saturated carbocycles. The highest BCUT2D eigenvalue weighted by Crippen LogP contribution is 2.25. The summed E-state index contributed by atoms with van der Waals surface area (Å²) in [6.07, 6.45) is 3.99. The molecular weight excluding hydrogens is 250 g/mol. The minimum absolute atomic E-state index is 0.111. The van der Waals surface area contributed by atoms with E-state index in [1.165, 1.54) is 18.9 Å². The molecule has 0 radical (unpaired) electrons. The summed E-state index contributed by atoms with van der Waals surface area (Å²) < 4.78 is 31.8. The highest BCUT2D eigenvalue weighted by Gasteiger charge is 2.22. The van der Waals surface area contributed by atoms with Gasteiger partial charge in [-0.1, -0.05) is 12.8 Å². The van der Waals surface area contributed by atoms with Gasteiger partial charge in [0.25, 0.3) is 0 Å². The Bertz CT molecular complexity index is 453. The number of ketones is 1. The second-order valence-corrected chi connectivity index (χ2v) is 5.11. The van der Waals surface area contributed by atoms with Crippen molar-refractivity contribution in [2.75, 3.05) is 6.61 Å². The Morgan fingerprint density at radius 3 is 2.68 bits per heavy atom. The Hall–Kier alpha value is -1.29. The van der Waals surface area contributed by atoms with Crippen molar-refractivity contribution < 1.29 is 18.3 Å². The van der Waals surface area contributed by atoms with Gasteiger partial charge in [-0.25, -0.2) is 8.78 Å². The van der Waals surface area contributed by atoms with Crippen LogP contribution in [0.4, 0.5) is 8.78 Å². The maximum absolute atomic E-state index is 13.5. The highest BCUT2D eigenvalue weighted by molar-refractivity contribution is 5.99. The SMILES string of the molecule is CC(OCC1CCCC1)C(=O)c1ccc(F)cc1F. The largest absolute Gasteiger partial charge is 0.370 e. The van der Waals surface area contributed by atoms with Crippen LogP contribution in [-0.2, 0) is 4.74 Å². The molecule has 0 N–H and O–H groups in total. The maximum atomic E-state index is 13.5. The average Bonchev–Trinajstić information content (AvgIpc) is 2.88. The molecule has 4 heteroatoms. The number of benzene rings is 1. The van der Waals surface area contributed by atoms with Gasteiger partial charge in [-0.15, -0.1) is 0 Å². The summed E-state index contributed by atoms with van der Waals surface area (Å²) in [7, 11) is 0. The van der Waals surface area contributed by atoms with Gasteiger partial charge in [0, 0.05) is 6.07 Å². The standard InChI is InChI=1S/C15H18F2O2/c1-10(19-9-11-4-2-3-5-11)15(18)13-7-6-12(16)8-14(13)17/h6-8,10-11H,2-5,9H2,1H3. The van der Waals surface area contributed by atoms with E-state index >= 15 is 0 Å². The lowest BCUT2D eigenvalue weighted by atomic mass is 10.1. The molecule has 2 nitrogen and oxygen atoms in total. The molecule has 0 amide bonds. The molecule has 1 fully saturated rings. The van der Waals surface area contributed by atoms with E-state index < -0.39 is 23.5 Å². The normalized spacial score (nSPS) is 17.6. The first-order valence-corrected chi connectivity index (χ1v) is 6.69. The first-order valence-electron chi connectivity index (χ1n) is 6.69. The lowest BCUT2D eigenvalue weighted by molar-refractivity contribution is 0.0347. The van der Waals surface area contributed by atoms with Crippen LogP contribution in [0.15, 0.2) is 18.2 Å². The molecule has 2 rings (SSSR count). The second kappa shape index (κ2) is 6.24. The number of carbonyl (C=O) groups excluding carboxylic acids is 1. The number of carbonyl (C=O) groups is 1. The van der Waals surface area contributed by atoms with Crippen LogP contribution in [0.1, 0.15) is 43.0 Å². The Morgan fingerprint density at radius 2 is 2.05 bits per heavy atom. The molecule has 0 aromatic heterocycles. The first kappa shape index (κ1) is 14.1. The fourth-order valence-electron chi connectivity index (χ4n) is 2.44. The van der Waals surface area contributed by atoms with E-state index in [1.54, 1.807) is 6.92 Å². The van der Waals surface area contributed by atoms with Crippen molar-refractivity contribution in [2.24, 2.45) is 5.92 Å². The minimum atomic E-state index is -0.832. The highest BCUT2D eigenvalue weighted by atomic mass is 19.1. The molecule has 1 aromatic carbocycles. The van der Waals surface area contributed by atoms with Gasteiger partial charge in [0.15, 0.2) is 5.78 Å². The van der Waals surface area contributed by atoms with Gasteiger partial charge >= 0.3 is 0 Å². The molecule has 0 saturated heterocycles. The van der Waals surface area contributed by atoms with E-state index in [2.05, 4.69) is 0 Å². The van der Waals surface area contributed by atoms with Crippen molar-refractivity contribution in [3.8, 4) is 0 Å². The average molecular weight is 268 g/mol. The van der Waals surface area contributed by atoms with Crippen molar-refractivity contribution in [3.63, 3.8) is 0 Å². The van der Waals surface area contributed by atoms with Gasteiger partial charge in [0.1, 0.15) is 17.7 Å². The zero-order chi connectivity index (χ0) is 13.8. The monoisotopic (exact) mass is 268 g/mol. The lowest BCUT2D eigenvalue weighted by Gasteiger charge is -2.15. The van der Waals surface area contributed by atoms with Crippen LogP contribution < -0.4 is 0 Å². The predicted octanol–water partition coefficient (Wildman–Crippen LogP) is 3.74. The molecule has 1 aliphatic carbocycles. The van der Waals surface area contributed by atoms with Crippen LogP contribution in [0, 0.1) is 17.6 Å². The molecule has 1 unspecified atom stereocenters. The molecule has 19 heavy (non-hydrogen) atoms. The number of hydrogen-bond donors (Lipinski definition) is 0. The van der Waals surface area contributed by atoms with Crippen LogP contribution in [0.5, 0.6) is 0 Å². The van der Waals surface area contributed by atoms with Gasteiger partial charge in [-0.05, 0) is 37.8 Å². The van der Waals surface area contributed by atoms with Gasteiger partial charge in [0.05, 0.1) is 12.2 Å². The van der Waals surface area contributed by atoms with Crippen LogP contribution in [0.3, 0.4) is 0 Å². The summed E-state index contributed by atoms with van der Waals surface area (Å²) in [5, 5.41) is 0. The summed E-state index contributed by atoms with van der Waals surface area (Å²) >= 11 is 0. The molecule has 0 spiro atoms. The van der Waals surface area contributed by atoms with Crippen molar-refractivity contribution in [2.45, 2.75) is 38.7 Å². The van der Waals surface area contributed by atoms with Crippen molar-refractivity contribution in [1.29, 1.82) is 0 Å². The van der Waals surface area contributed by atoms with Gasteiger partial charge in [-0.3, -0.25) is 4.79 Å². The van der Waals surface area contributed by atoms with Crippen LogP contribution >= 0.6 is 0 Å². The minimum Gasteiger partial charge on any atom is -0.370 e. The topological polar surface area (TPSA) is 26.3 Å². The zero-order valence-corrected chi connectivity index (χ0v) is 11.0. The van der Waals surface area contributed by atoms with E-state index in [0.717, 1.165) is 25.0 Å². The third-order valence-electron chi connectivity index (χ3n) is 3.62. The molecule has 1 atom stereocenters. The summed E-state index contributed by atoms with van der Waals surface area (Å²) in [6.45, 7) is 2.15. The van der Waals surface area contributed by atoms with E-state index in [4.69, 9.17) is 4.74 Å². The molecular formula is C15H18F2O2. The number of ether oxygens (including phenoxy) is 1. The van der Waals surface area contributed by atoms with Gasteiger partial charge in [0.2, 0.25) is 0 Å². The van der Waals surface area contributed by atoms with E-state index in [-0.39, 0.29) is 5.56 Å². The maximum Gasteiger partial charge on any atom is 0.194 e. The first-order chi connectivity index (χ1) is 9.08. The van der Waals surface area contributed by atoms with E-state index in [0.29, 0.717) is 12.5 Å². The summed E-state index contributed by atoms with van der Waals surface area (Å²) in [5.74, 6) is -1.45. The van der Waals surface area contributed by atoms with Crippen LogP contribution in [-0.4, -0.2) is 18.5 Å². The van der Waals surface area contributed by atoms with Gasteiger partial charge in [-0.2, -0.15) is 0 Å². The number of Topliss-reactive ketones (excluding diaryl/α,β-unsaturated/α-hetero) is 1. The molecule has 0 bridgehead atoms. The third-order valence-corrected chi connectivity index (χ3v) is 3.62. The Balaban J connectivity index is 1.94. The Morgan fingerprint density at radius 1 is 1.37 bits per heavy atom. The number of rotatable bonds is 5. The predicted molar refractivity (Wildman–Crippen MR) is 68.1 cm³/mol. The second-order valence-electron chi connectivity index (χ2n) is 5.11. The fourth-order valence-corrected chi connectivity index (χ4v) is 2.44. The van der Waals surface area contributed by atoms with E-state index in [9.17, 15) is 13.6 Å². The molecule has 0 heterocycles. The summed E-state index contributed by atoms with van der Waals surface area (Å²) in [5.41, 5.74) is -0.111. The number of hydrogen-bond acceptors (Lipinski definition) is 2. The smallest absolute Gasteiger partial charge is 0.194 e. The van der Waals surface area contributed by atoms with Crippen molar-refractivity contribution in [3.05, 3.63) is 35.4 Å². The molecule has 1 aliphatic rings. The van der Waals surface area contributed by atoms with Crippen LogP contribution in [0.25, 0.3) is 0 Å². The van der Waals surface area contributed by atoms with Crippen molar-refractivity contribution in [1.82, 2.24) is 0 Å².